The van der Waals surface area contributed by atoms with Crippen LogP contribution in [-0.4, -0.2) is 84.3 Å². The van der Waals surface area contributed by atoms with Crippen molar-refractivity contribution in [1.82, 2.24) is 20.3 Å². The number of carbonyl (C=O) groups is 5. The topological polar surface area (TPSA) is 189 Å². The molecule has 5 amide bonds. The predicted octanol–water partition coefficient (Wildman–Crippen LogP) is 4.48. The molecule has 1 saturated heterocycles. The number of para-hydroxylation sites is 1. The maximum Gasteiger partial charge on any atom is 0.411 e. The maximum absolute atomic E-state index is 14.4. The minimum atomic E-state index is -3.93. The predicted molar refractivity (Wildman–Crippen MR) is 198 cm³/mol. The molecule has 0 bridgehead atoms. The highest BCUT2D eigenvalue weighted by atomic mass is 32.2. The Labute approximate surface area is 310 Å². The molecule has 53 heavy (non-hydrogen) atoms. The van der Waals surface area contributed by atoms with Gasteiger partial charge in [0.2, 0.25) is 21.8 Å². The second kappa shape index (κ2) is 14.8. The average Bonchev–Trinajstić information content (AvgIpc) is 3.99. The molecular weight excluding hydrogens is 703 g/mol. The minimum absolute atomic E-state index is 0.100. The second-order valence-electron chi connectivity index (χ2n) is 15.9. The molecule has 2 unspecified atom stereocenters. The number of carbonyl (C=O) groups excluding carboxylic acids is 5. The first-order valence-electron chi connectivity index (χ1n) is 17.7. The summed E-state index contributed by atoms with van der Waals surface area (Å²) in [5, 5.41) is 7.47. The van der Waals surface area contributed by atoms with Gasteiger partial charge in [0.25, 0.3) is 5.91 Å². The number of anilines is 1. The summed E-state index contributed by atoms with van der Waals surface area (Å²) in [7, 11) is -3.93. The van der Waals surface area contributed by atoms with Gasteiger partial charge in [-0.2, -0.15) is 0 Å². The number of sulfonamides is 1. The molecule has 5 atom stereocenters. The van der Waals surface area contributed by atoms with Gasteiger partial charge in [0.05, 0.1) is 17.5 Å². The number of benzene rings is 2. The van der Waals surface area contributed by atoms with E-state index in [2.05, 4.69) is 27.3 Å². The zero-order valence-corrected chi connectivity index (χ0v) is 31.7. The first-order chi connectivity index (χ1) is 24.7. The maximum atomic E-state index is 14.4. The first kappa shape index (κ1) is 39.3. The summed E-state index contributed by atoms with van der Waals surface area (Å²) in [6.45, 7) is 13.8. The molecule has 3 fully saturated rings. The van der Waals surface area contributed by atoms with Gasteiger partial charge in [-0.05, 0) is 57.1 Å². The van der Waals surface area contributed by atoms with Crippen LogP contribution < -0.4 is 20.7 Å². The molecule has 14 nitrogen and oxygen atoms in total. The van der Waals surface area contributed by atoms with Crippen molar-refractivity contribution in [2.45, 2.75) is 102 Å². The van der Waals surface area contributed by atoms with Crippen LogP contribution in [0.2, 0.25) is 0 Å². The standard InChI is InChI=1S/C38H49N5O9S/c1-8-24-21-38(24,33(46)42-53(49,50)26-18-19-26)41-31(44)29-20-25(22-43(29)32(45)30(36(2,3)4)40-35(48)52-37(5,6)7)51-34(47)39-28-17-13-12-16-27(28)23-14-10-9-11-15-23/h8-17,24-26,29-30H,1,18-22H2,2-7H3,(H,39,47)(H,40,48)(H,41,44)(H,42,46)/t24?,25-,29-,30-,38?/m1/s1. The molecule has 5 rings (SSSR count). The van der Waals surface area contributed by atoms with Crippen molar-refractivity contribution >= 4 is 45.6 Å². The van der Waals surface area contributed by atoms with Gasteiger partial charge in [0.1, 0.15) is 29.3 Å². The summed E-state index contributed by atoms with van der Waals surface area (Å²) >= 11 is 0. The second-order valence-corrected chi connectivity index (χ2v) is 17.9. The van der Waals surface area contributed by atoms with Gasteiger partial charge >= 0.3 is 12.2 Å². The van der Waals surface area contributed by atoms with Gasteiger partial charge in [0, 0.05) is 17.9 Å². The van der Waals surface area contributed by atoms with E-state index < -0.39 is 85.8 Å². The molecule has 286 valence electrons. The van der Waals surface area contributed by atoms with Crippen LogP contribution in [0.5, 0.6) is 0 Å². The first-order valence-corrected chi connectivity index (χ1v) is 19.2. The van der Waals surface area contributed by atoms with Crippen LogP contribution in [0.3, 0.4) is 0 Å². The van der Waals surface area contributed by atoms with Crippen LogP contribution in [0.1, 0.15) is 67.2 Å². The lowest BCUT2D eigenvalue weighted by atomic mass is 9.85. The molecule has 2 aromatic rings. The van der Waals surface area contributed by atoms with Crippen LogP contribution in [0.15, 0.2) is 67.3 Å². The summed E-state index contributed by atoms with van der Waals surface area (Å²) in [6, 6.07) is 14.2. The van der Waals surface area contributed by atoms with Crippen LogP contribution in [0, 0.1) is 11.3 Å². The molecule has 4 N–H and O–H groups in total. The highest BCUT2D eigenvalue weighted by molar-refractivity contribution is 7.91. The number of nitrogens with one attached hydrogen (secondary N) is 4. The van der Waals surface area contributed by atoms with E-state index >= 15 is 0 Å². The van der Waals surface area contributed by atoms with Crippen molar-refractivity contribution in [3.63, 3.8) is 0 Å². The molecule has 1 heterocycles. The van der Waals surface area contributed by atoms with Gasteiger partial charge in [-0.3, -0.25) is 24.4 Å². The van der Waals surface area contributed by atoms with Gasteiger partial charge in [0.15, 0.2) is 0 Å². The molecule has 2 saturated carbocycles. The Morgan fingerprint density at radius 2 is 1.58 bits per heavy atom. The molecule has 2 aromatic carbocycles. The zero-order valence-electron chi connectivity index (χ0n) is 30.9. The monoisotopic (exact) mass is 751 g/mol. The summed E-state index contributed by atoms with van der Waals surface area (Å²) in [6.07, 6.45) is -0.346. The average molecular weight is 752 g/mol. The van der Waals surface area contributed by atoms with Crippen molar-refractivity contribution in [2.75, 3.05) is 11.9 Å². The molecule has 1 aliphatic heterocycles. The lowest BCUT2D eigenvalue weighted by Gasteiger charge is -2.36. The molecule has 0 spiro atoms. The lowest BCUT2D eigenvalue weighted by Crippen LogP contribution is -2.60. The quantitative estimate of drug-likeness (QED) is 0.240. The third-order valence-electron chi connectivity index (χ3n) is 9.39. The fraction of sp³-hybridized carbons (Fsp3) is 0.500. The largest absolute Gasteiger partial charge is 0.444 e. The summed E-state index contributed by atoms with van der Waals surface area (Å²) in [5.74, 6) is -2.85. The highest BCUT2D eigenvalue weighted by Gasteiger charge is 2.62. The van der Waals surface area contributed by atoms with E-state index in [1.807, 2.05) is 42.5 Å². The number of alkyl carbamates (subject to hydrolysis) is 1. The Kier molecular flexibility index (Phi) is 11.0. The summed E-state index contributed by atoms with van der Waals surface area (Å²) < 4.78 is 38.7. The van der Waals surface area contributed by atoms with Crippen molar-refractivity contribution in [3.05, 3.63) is 67.3 Å². The Hall–Kier alpha value is -4.92. The van der Waals surface area contributed by atoms with Gasteiger partial charge in [-0.25, -0.2) is 18.0 Å². The normalized spacial score (nSPS) is 23.2. The van der Waals surface area contributed by atoms with Crippen molar-refractivity contribution in [1.29, 1.82) is 0 Å². The SMILES string of the molecule is C=CC1CC1(NC(=O)[C@H]1C[C@@H](OC(=O)Nc2ccccc2-c2ccccc2)CN1C(=O)[C@@H](NC(=O)OC(C)(C)C)C(C)(C)C)C(=O)NS(=O)(=O)C1CC1. The van der Waals surface area contributed by atoms with E-state index in [0.717, 1.165) is 11.1 Å². The van der Waals surface area contributed by atoms with Gasteiger partial charge in [-0.15, -0.1) is 6.58 Å². The fourth-order valence-electron chi connectivity index (χ4n) is 6.39. The number of rotatable bonds is 11. The Morgan fingerprint density at radius 3 is 2.17 bits per heavy atom. The van der Waals surface area contributed by atoms with E-state index in [4.69, 9.17) is 9.47 Å². The summed E-state index contributed by atoms with van der Waals surface area (Å²) in [5.41, 5.74) is -1.23. The van der Waals surface area contributed by atoms with E-state index in [1.165, 1.54) is 11.0 Å². The molecular formula is C38H49N5O9S. The Morgan fingerprint density at radius 1 is 0.943 bits per heavy atom. The molecule has 0 aromatic heterocycles. The smallest absolute Gasteiger partial charge is 0.411 e. The van der Waals surface area contributed by atoms with Crippen molar-refractivity contribution in [2.24, 2.45) is 11.3 Å². The van der Waals surface area contributed by atoms with E-state index in [-0.39, 0.29) is 19.4 Å². The van der Waals surface area contributed by atoms with Crippen LogP contribution in [-0.2, 0) is 33.9 Å². The molecule has 0 radical (unpaired) electrons. The Balaban J connectivity index is 1.39. The number of amides is 5. The zero-order chi connectivity index (χ0) is 38.9. The molecule has 15 heteroatoms. The Bertz CT molecular complexity index is 1870. The van der Waals surface area contributed by atoms with Crippen molar-refractivity contribution in [3.8, 4) is 11.1 Å². The molecule has 3 aliphatic rings. The number of hydrogen-bond acceptors (Lipinski definition) is 9. The summed E-state index contributed by atoms with van der Waals surface area (Å²) in [4.78, 5) is 69.4. The highest BCUT2D eigenvalue weighted by Crippen LogP contribution is 2.45. The third kappa shape index (κ3) is 9.36. The van der Waals surface area contributed by atoms with Gasteiger partial charge in [-0.1, -0.05) is 75.4 Å². The minimum Gasteiger partial charge on any atom is -0.444 e. The van der Waals surface area contributed by atoms with E-state index in [0.29, 0.717) is 18.5 Å². The van der Waals surface area contributed by atoms with Crippen LogP contribution in [0.4, 0.5) is 15.3 Å². The van der Waals surface area contributed by atoms with Crippen LogP contribution in [0.25, 0.3) is 11.1 Å². The van der Waals surface area contributed by atoms with Crippen LogP contribution >= 0.6 is 0 Å². The fourth-order valence-corrected chi connectivity index (χ4v) is 7.75. The number of hydrogen-bond donors (Lipinski definition) is 4. The number of ether oxygens (including phenoxy) is 2. The van der Waals surface area contributed by atoms with Crippen molar-refractivity contribution < 1.29 is 41.9 Å². The molecule has 2 aliphatic carbocycles. The number of likely N-dealkylation sites (tertiary alicyclic amines) is 1. The number of nitrogens with zero attached hydrogens (tertiary/aromatic N) is 1. The van der Waals surface area contributed by atoms with E-state index in [9.17, 15) is 32.4 Å². The lowest BCUT2D eigenvalue weighted by molar-refractivity contribution is -0.143. The van der Waals surface area contributed by atoms with E-state index in [1.54, 1.807) is 53.7 Å². The van der Waals surface area contributed by atoms with Gasteiger partial charge < -0.3 is 25.0 Å². The third-order valence-corrected chi connectivity index (χ3v) is 11.2.